The summed E-state index contributed by atoms with van der Waals surface area (Å²) in [7, 11) is 0. The predicted octanol–water partition coefficient (Wildman–Crippen LogP) is 4.25. The summed E-state index contributed by atoms with van der Waals surface area (Å²) in [6.07, 6.45) is 3.07. The first-order valence-corrected chi connectivity index (χ1v) is 8.94. The smallest absolute Gasteiger partial charge is 0.235 e. The van der Waals surface area contributed by atoms with E-state index in [0.29, 0.717) is 32.7 Å². The molecule has 2 aromatic carbocycles. The van der Waals surface area contributed by atoms with Crippen LogP contribution in [0.4, 0.5) is 5.69 Å². The third-order valence-corrected chi connectivity index (χ3v) is 4.87. The Morgan fingerprint density at radius 3 is 2.42 bits per heavy atom. The molecule has 0 radical (unpaired) electrons. The lowest BCUT2D eigenvalue weighted by Gasteiger charge is -2.36. The zero-order valence-corrected chi connectivity index (χ0v) is 15.2. The van der Waals surface area contributed by atoms with Gasteiger partial charge in [-0.2, -0.15) is 0 Å². The summed E-state index contributed by atoms with van der Waals surface area (Å²) in [6.45, 7) is 7.33. The third kappa shape index (κ3) is 3.97. The van der Waals surface area contributed by atoms with Crippen LogP contribution in [0.3, 0.4) is 0 Å². The van der Waals surface area contributed by atoms with Crippen LogP contribution in [0.1, 0.15) is 24.0 Å². The second-order valence-corrected chi connectivity index (χ2v) is 6.64. The van der Waals surface area contributed by atoms with Crippen LogP contribution < -0.4 is 10.1 Å². The number of hydrogen-bond acceptors (Lipinski definition) is 3. The molecule has 0 unspecified atom stereocenters. The quantitative estimate of drug-likeness (QED) is 0.792. The molecule has 1 aliphatic rings. The molecule has 0 aliphatic carbocycles. The monoisotopic (exact) mass is 351 g/mol. The molecule has 1 N–H and O–H groups in total. The van der Waals surface area contributed by atoms with Crippen LogP contribution in [0, 0.1) is 6.92 Å². The van der Waals surface area contributed by atoms with Crippen LogP contribution in [0.25, 0.3) is 0 Å². The molecule has 0 atom stereocenters. The number of amides is 1. The molecular weight excluding hydrogens is 326 g/mol. The van der Waals surface area contributed by atoms with Gasteiger partial charge in [-0.15, -0.1) is 0 Å². The van der Waals surface area contributed by atoms with Crippen molar-refractivity contribution >= 4 is 11.6 Å². The van der Waals surface area contributed by atoms with E-state index in [9.17, 15) is 4.79 Å². The van der Waals surface area contributed by atoms with E-state index in [1.165, 1.54) is 5.56 Å². The Morgan fingerprint density at radius 1 is 1.15 bits per heavy atom. The van der Waals surface area contributed by atoms with E-state index in [0.717, 1.165) is 17.0 Å². The highest BCUT2D eigenvalue weighted by Crippen LogP contribution is 2.36. The summed E-state index contributed by atoms with van der Waals surface area (Å²) in [5.41, 5.74) is 2.45. The number of carbonyl (C=O) groups excluding carboxylic acids is 1. The van der Waals surface area contributed by atoms with Gasteiger partial charge < -0.3 is 14.8 Å². The Morgan fingerprint density at radius 2 is 1.81 bits per heavy atom. The molecule has 2 aromatic rings. The molecule has 4 heteroatoms. The molecule has 1 heterocycles. The van der Waals surface area contributed by atoms with Crippen molar-refractivity contribution in [3.63, 3.8) is 0 Å². The maximum absolute atomic E-state index is 13.2. The van der Waals surface area contributed by atoms with Crippen molar-refractivity contribution in [1.29, 1.82) is 0 Å². The number of benzene rings is 2. The van der Waals surface area contributed by atoms with Crippen LogP contribution in [-0.4, -0.2) is 25.7 Å². The van der Waals surface area contributed by atoms with Crippen molar-refractivity contribution in [3.05, 3.63) is 72.3 Å². The van der Waals surface area contributed by atoms with Crippen LogP contribution in [0.15, 0.2) is 61.2 Å². The minimum absolute atomic E-state index is 0.0180. The fraction of sp³-hybridized carbons (Fsp3) is 0.318. The Bertz CT molecular complexity index is 744. The number of hydrogen-bond donors (Lipinski definition) is 1. The number of rotatable bonds is 6. The molecule has 1 saturated heterocycles. The van der Waals surface area contributed by atoms with Gasteiger partial charge in [-0.1, -0.05) is 42.5 Å². The predicted molar refractivity (Wildman–Crippen MR) is 104 cm³/mol. The van der Waals surface area contributed by atoms with Gasteiger partial charge in [0, 0.05) is 18.9 Å². The lowest BCUT2D eigenvalue weighted by atomic mass is 9.73. The van der Waals surface area contributed by atoms with Gasteiger partial charge in [0.1, 0.15) is 12.4 Å². The van der Waals surface area contributed by atoms with Crippen molar-refractivity contribution in [1.82, 2.24) is 0 Å². The highest BCUT2D eigenvalue weighted by atomic mass is 16.5. The lowest BCUT2D eigenvalue weighted by molar-refractivity contribution is -0.125. The largest absolute Gasteiger partial charge is 0.490 e. The molecule has 0 spiro atoms. The maximum atomic E-state index is 13.2. The van der Waals surface area contributed by atoms with E-state index < -0.39 is 5.41 Å². The van der Waals surface area contributed by atoms with Gasteiger partial charge in [-0.25, -0.2) is 0 Å². The molecule has 0 aromatic heterocycles. The van der Waals surface area contributed by atoms with E-state index >= 15 is 0 Å². The van der Waals surface area contributed by atoms with Crippen molar-refractivity contribution in [3.8, 4) is 5.75 Å². The second kappa shape index (κ2) is 8.19. The maximum Gasteiger partial charge on any atom is 0.235 e. The number of nitrogens with one attached hydrogen (secondary N) is 1. The summed E-state index contributed by atoms with van der Waals surface area (Å²) in [5, 5.41) is 3.08. The molecule has 1 amide bonds. The van der Waals surface area contributed by atoms with Gasteiger partial charge in [0.05, 0.1) is 5.41 Å². The summed E-state index contributed by atoms with van der Waals surface area (Å²) in [5.74, 6) is 0.770. The summed E-state index contributed by atoms with van der Waals surface area (Å²) >= 11 is 0. The van der Waals surface area contributed by atoms with Crippen LogP contribution in [0.5, 0.6) is 5.75 Å². The van der Waals surface area contributed by atoms with Crippen LogP contribution in [0.2, 0.25) is 0 Å². The average Bonchev–Trinajstić information content (AvgIpc) is 2.68. The number of aryl methyl sites for hydroxylation is 1. The first kappa shape index (κ1) is 18.2. The molecule has 1 aliphatic heterocycles. The molecule has 4 nitrogen and oxygen atoms in total. The van der Waals surface area contributed by atoms with Gasteiger partial charge in [-0.3, -0.25) is 4.79 Å². The van der Waals surface area contributed by atoms with Gasteiger partial charge in [-0.05, 0) is 49.6 Å². The summed E-state index contributed by atoms with van der Waals surface area (Å²) in [6, 6.07) is 15.7. The topological polar surface area (TPSA) is 47.6 Å². The van der Waals surface area contributed by atoms with Crippen molar-refractivity contribution < 1.29 is 14.3 Å². The fourth-order valence-electron chi connectivity index (χ4n) is 3.28. The number of ether oxygens (including phenoxy) is 2. The molecule has 0 saturated carbocycles. The van der Waals surface area contributed by atoms with Crippen molar-refractivity contribution in [2.75, 3.05) is 25.1 Å². The molecule has 0 bridgehead atoms. The Hall–Kier alpha value is -2.59. The van der Waals surface area contributed by atoms with Gasteiger partial charge in [0.25, 0.3) is 0 Å². The van der Waals surface area contributed by atoms with E-state index in [1.54, 1.807) is 6.08 Å². The Kier molecular flexibility index (Phi) is 5.74. The zero-order valence-electron chi connectivity index (χ0n) is 15.2. The fourth-order valence-corrected chi connectivity index (χ4v) is 3.28. The van der Waals surface area contributed by atoms with Gasteiger partial charge >= 0.3 is 0 Å². The summed E-state index contributed by atoms with van der Waals surface area (Å²) < 4.78 is 11.0. The Balaban J connectivity index is 1.79. The SMILES string of the molecule is C=CCOc1ccc(NC(=O)C2(c3ccc(C)cc3)CCOCC2)cc1. The first-order chi connectivity index (χ1) is 12.6. The molecule has 136 valence electrons. The van der Waals surface area contributed by atoms with Crippen molar-refractivity contribution in [2.24, 2.45) is 0 Å². The standard InChI is InChI=1S/C22H25NO3/c1-3-14-26-20-10-8-19(9-11-20)23-21(24)22(12-15-25-16-13-22)18-6-4-17(2)5-7-18/h3-11H,1,12-16H2,2H3,(H,23,24). The second-order valence-electron chi connectivity index (χ2n) is 6.64. The van der Waals surface area contributed by atoms with E-state index in [4.69, 9.17) is 9.47 Å². The normalized spacial score (nSPS) is 15.9. The van der Waals surface area contributed by atoms with Crippen LogP contribution in [-0.2, 0) is 14.9 Å². The highest BCUT2D eigenvalue weighted by Gasteiger charge is 2.41. The molecular formula is C22H25NO3. The summed E-state index contributed by atoms with van der Waals surface area (Å²) in [4.78, 5) is 13.2. The lowest BCUT2D eigenvalue weighted by Crippen LogP contribution is -2.44. The zero-order chi connectivity index (χ0) is 18.4. The van der Waals surface area contributed by atoms with E-state index in [-0.39, 0.29) is 5.91 Å². The minimum Gasteiger partial charge on any atom is -0.490 e. The molecule has 1 fully saturated rings. The molecule has 3 rings (SSSR count). The molecule has 26 heavy (non-hydrogen) atoms. The van der Waals surface area contributed by atoms with Gasteiger partial charge in [0.15, 0.2) is 0 Å². The minimum atomic E-state index is -0.552. The average molecular weight is 351 g/mol. The highest BCUT2D eigenvalue weighted by molar-refractivity contribution is 5.99. The number of carbonyl (C=O) groups is 1. The van der Waals surface area contributed by atoms with Crippen molar-refractivity contribution in [2.45, 2.75) is 25.2 Å². The van der Waals surface area contributed by atoms with E-state index in [2.05, 4.69) is 43.1 Å². The number of anilines is 1. The van der Waals surface area contributed by atoms with Gasteiger partial charge in [0.2, 0.25) is 5.91 Å². The van der Waals surface area contributed by atoms with E-state index in [1.807, 2.05) is 24.3 Å². The first-order valence-electron chi connectivity index (χ1n) is 8.94. The third-order valence-electron chi connectivity index (χ3n) is 4.87. The Labute approximate surface area is 154 Å². The van der Waals surface area contributed by atoms with Crippen LogP contribution >= 0.6 is 0 Å².